The average Bonchev–Trinajstić information content (AvgIpc) is 2.30. The van der Waals surface area contributed by atoms with E-state index in [2.05, 4.69) is 0 Å². The van der Waals surface area contributed by atoms with E-state index in [4.69, 9.17) is 4.74 Å². The van der Waals surface area contributed by atoms with E-state index < -0.39 is 0 Å². The lowest BCUT2D eigenvalue weighted by molar-refractivity contribution is 0.141. The molecule has 0 radical (unpaired) electrons. The van der Waals surface area contributed by atoms with Crippen LogP contribution in [-0.2, 0) is 17.8 Å². The van der Waals surface area contributed by atoms with Crippen molar-refractivity contribution in [2.24, 2.45) is 0 Å². The van der Waals surface area contributed by atoms with Gasteiger partial charge >= 0.3 is 0 Å². The van der Waals surface area contributed by atoms with Gasteiger partial charge in [-0.05, 0) is 27.4 Å². The standard InChI is InChI=1S/C13H22N2O3/c1-4-18-7-5-6-15-10-13(17)12(16)8-11(15)9-14(2)3/h8,10,17H,4-7,9H2,1-3H3. The first-order valence-corrected chi connectivity index (χ1v) is 6.19. The van der Waals surface area contributed by atoms with Crippen LogP contribution < -0.4 is 5.43 Å². The number of aromatic hydroxyl groups is 1. The highest BCUT2D eigenvalue weighted by molar-refractivity contribution is 5.20. The molecule has 0 unspecified atom stereocenters. The highest BCUT2D eigenvalue weighted by Gasteiger charge is 2.06. The Bertz CT molecular complexity index is 427. The van der Waals surface area contributed by atoms with Crippen LogP contribution in [0.25, 0.3) is 0 Å². The molecular formula is C13H22N2O3. The number of rotatable bonds is 7. The van der Waals surface area contributed by atoms with Crippen LogP contribution >= 0.6 is 0 Å². The molecule has 5 nitrogen and oxygen atoms in total. The molecular weight excluding hydrogens is 232 g/mol. The number of ether oxygens (including phenoxy) is 1. The summed E-state index contributed by atoms with van der Waals surface area (Å²) in [5.41, 5.74) is 0.576. The highest BCUT2D eigenvalue weighted by atomic mass is 16.5. The molecule has 1 heterocycles. The van der Waals surface area contributed by atoms with Crippen molar-refractivity contribution in [2.45, 2.75) is 26.4 Å². The SMILES string of the molecule is CCOCCCn1cc(O)c(=O)cc1CN(C)C. The average molecular weight is 254 g/mol. The molecule has 0 aliphatic carbocycles. The zero-order valence-corrected chi connectivity index (χ0v) is 11.3. The molecule has 1 aromatic rings. The van der Waals surface area contributed by atoms with Gasteiger partial charge in [-0.1, -0.05) is 0 Å². The Kier molecular flexibility index (Phi) is 5.88. The Labute approximate surface area is 108 Å². The summed E-state index contributed by atoms with van der Waals surface area (Å²) in [6.45, 7) is 4.76. The van der Waals surface area contributed by atoms with E-state index in [1.807, 2.05) is 30.5 Å². The van der Waals surface area contributed by atoms with Crippen molar-refractivity contribution < 1.29 is 9.84 Å². The quantitative estimate of drug-likeness (QED) is 0.739. The van der Waals surface area contributed by atoms with Crippen LogP contribution in [0, 0.1) is 0 Å². The van der Waals surface area contributed by atoms with Gasteiger partial charge in [0.2, 0.25) is 5.43 Å². The fourth-order valence-electron chi connectivity index (χ4n) is 1.75. The third-order valence-electron chi connectivity index (χ3n) is 2.57. The predicted octanol–water partition coefficient (Wildman–Crippen LogP) is 1.04. The summed E-state index contributed by atoms with van der Waals surface area (Å²) in [4.78, 5) is 13.4. The zero-order valence-electron chi connectivity index (χ0n) is 11.3. The third-order valence-corrected chi connectivity index (χ3v) is 2.57. The first kappa shape index (κ1) is 14.7. The summed E-state index contributed by atoms with van der Waals surface area (Å²) in [6.07, 6.45) is 2.36. The Hall–Kier alpha value is -1.33. The molecule has 0 aliphatic heterocycles. The largest absolute Gasteiger partial charge is 0.503 e. The van der Waals surface area contributed by atoms with Gasteiger partial charge < -0.3 is 19.3 Å². The molecule has 0 aromatic carbocycles. The lowest BCUT2D eigenvalue weighted by Gasteiger charge is -2.17. The molecule has 102 valence electrons. The van der Waals surface area contributed by atoms with Gasteiger partial charge in [0.25, 0.3) is 0 Å². The van der Waals surface area contributed by atoms with Crippen LogP contribution in [0.5, 0.6) is 5.75 Å². The molecule has 0 aliphatic rings. The van der Waals surface area contributed by atoms with Crippen molar-refractivity contribution in [1.29, 1.82) is 0 Å². The molecule has 0 atom stereocenters. The number of aromatic nitrogens is 1. The summed E-state index contributed by atoms with van der Waals surface area (Å²) < 4.78 is 7.19. The summed E-state index contributed by atoms with van der Waals surface area (Å²) in [7, 11) is 3.89. The molecule has 0 spiro atoms. The Morgan fingerprint density at radius 1 is 1.44 bits per heavy atom. The lowest BCUT2D eigenvalue weighted by Crippen LogP contribution is -2.19. The van der Waals surface area contributed by atoms with Gasteiger partial charge in [0.15, 0.2) is 5.75 Å². The minimum atomic E-state index is -0.326. The molecule has 0 fully saturated rings. The first-order chi connectivity index (χ1) is 8.54. The number of hydrogen-bond donors (Lipinski definition) is 1. The van der Waals surface area contributed by atoms with Crippen molar-refractivity contribution in [3.63, 3.8) is 0 Å². The number of nitrogens with zero attached hydrogens (tertiary/aromatic N) is 2. The lowest BCUT2D eigenvalue weighted by atomic mass is 10.3. The summed E-state index contributed by atoms with van der Waals surface area (Å²) in [5.74, 6) is -0.200. The maximum absolute atomic E-state index is 11.4. The van der Waals surface area contributed by atoms with Crippen LogP contribution in [0.2, 0.25) is 0 Å². The molecule has 1 rings (SSSR count). The fourth-order valence-corrected chi connectivity index (χ4v) is 1.75. The van der Waals surface area contributed by atoms with Crippen LogP contribution in [0.1, 0.15) is 19.0 Å². The van der Waals surface area contributed by atoms with E-state index in [9.17, 15) is 9.90 Å². The van der Waals surface area contributed by atoms with Gasteiger partial charge in [0, 0.05) is 38.1 Å². The van der Waals surface area contributed by atoms with Crippen molar-refractivity contribution in [2.75, 3.05) is 27.3 Å². The number of aryl methyl sites for hydroxylation is 1. The van der Waals surface area contributed by atoms with Gasteiger partial charge in [-0.2, -0.15) is 0 Å². The summed E-state index contributed by atoms with van der Waals surface area (Å²) >= 11 is 0. The second-order valence-electron chi connectivity index (χ2n) is 4.50. The molecule has 1 aromatic heterocycles. The Morgan fingerprint density at radius 3 is 2.78 bits per heavy atom. The smallest absolute Gasteiger partial charge is 0.223 e. The second-order valence-corrected chi connectivity index (χ2v) is 4.50. The van der Waals surface area contributed by atoms with E-state index >= 15 is 0 Å². The molecule has 0 saturated heterocycles. The fraction of sp³-hybridized carbons (Fsp3) is 0.615. The topological polar surface area (TPSA) is 54.7 Å². The van der Waals surface area contributed by atoms with Gasteiger partial charge in [0.05, 0.1) is 6.20 Å². The van der Waals surface area contributed by atoms with Crippen molar-refractivity contribution >= 4 is 0 Å². The van der Waals surface area contributed by atoms with Crippen molar-refractivity contribution in [1.82, 2.24) is 9.47 Å². The van der Waals surface area contributed by atoms with Crippen LogP contribution in [0.3, 0.4) is 0 Å². The van der Waals surface area contributed by atoms with Crippen molar-refractivity contribution in [3.05, 3.63) is 28.2 Å². The Balaban J connectivity index is 2.79. The molecule has 0 bridgehead atoms. The van der Waals surface area contributed by atoms with Gasteiger partial charge in [-0.25, -0.2) is 0 Å². The van der Waals surface area contributed by atoms with E-state index in [1.165, 1.54) is 12.3 Å². The normalized spacial score (nSPS) is 11.1. The zero-order chi connectivity index (χ0) is 13.5. The van der Waals surface area contributed by atoms with Gasteiger partial charge in [-0.15, -0.1) is 0 Å². The van der Waals surface area contributed by atoms with Crippen LogP contribution in [0.4, 0.5) is 0 Å². The van der Waals surface area contributed by atoms with Crippen molar-refractivity contribution in [3.8, 4) is 5.75 Å². The van der Waals surface area contributed by atoms with E-state index in [1.54, 1.807) is 0 Å². The third kappa shape index (κ3) is 4.50. The maximum atomic E-state index is 11.4. The minimum Gasteiger partial charge on any atom is -0.503 e. The minimum absolute atomic E-state index is 0.200. The molecule has 5 heteroatoms. The number of pyridine rings is 1. The van der Waals surface area contributed by atoms with E-state index in [0.717, 1.165) is 18.7 Å². The second kappa shape index (κ2) is 7.18. The molecule has 18 heavy (non-hydrogen) atoms. The maximum Gasteiger partial charge on any atom is 0.223 e. The number of hydrogen-bond acceptors (Lipinski definition) is 4. The summed E-state index contributed by atoms with van der Waals surface area (Å²) in [5, 5.41) is 9.48. The van der Waals surface area contributed by atoms with Crippen LogP contribution in [0.15, 0.2) is 17.1 Å². The van der Waals surface area contributed by atoms with Gasteiger partial charge in [0.1, 0.15) is 0 Å². The molecule has 0 saturated carbocycles. The molecule has 1 N–H and O–H groups in total. The predicted molar refractivity (Wildman–Crippen MR) is 70.9 cm³/mol. The Morgan fingerprint density at radius 2 is 2.17 bits per heavy atom. The highest BCUT2D eigenvalue weighted by Crippen LogP contribution is 2.08. The van der Waals surface area contributed by atoms with Crippen LogP contribution in [-0.4, -0.2) is 41.9 Å². The van der Waals surface area contributed by atoms with E-state index in [0.29, 0.717) is 19.8 Å². The monoisotopic (exact) mass is 254 g/mol. The van der Waals surface area contributed by atoms with E-state index in [-0.39, 0.29) is 11.2 Å². The molecule has 0 amide bonds. The van der Waals surface area contributed by atoms with Gasteiger partial charge in [-0.3, -0.25) is 4.79 Å². The summed E-state index contributed by atoms with van der Waals surface area (Å²) in [6, 6.07) is 1.50. The first-order valence-electron chi connectivity index (χ1n) is 6.19.